The summed E-state index contributed by atoms with van der Waals surface area (Å²) < 4.78 is 21.1. The molecule has 0 aliphatic heterocycles. The standard InChI is InChI=1S/C19H19N3O6/c1-4-26-17-13(10-20-19(22-17)27-5-2)21-16(23)12-9-11-7-6-8-14(25-3)15(11)28-18(12)24/h6-10H,4-5H2,1-3H3,(H,21,23). The van der Waals surface area contributed by atoms with E-state index in [4.69, 9.17) is 18.6 Å². The quantitative estimate of drug-likeness (QED) is 0.618. The van der Waals surface area contributed by atoms with Crippen LogP contribution in [0.4, 0.5) is 5.69 Å². The molecule has 28 heavy (non-hydrogen) atoms. The van der Waals surface area contributed by atoms with Crippen molar-refractivity contribution in [2.24, 2.45) is 0 Å². The van der Waals surface area contributed by atoms with Gasteiger partial charge in [0.1, 0.15) is 11.3 Å². The summed E-state index contributed by atoms with van der Waals surface area (Å²) in [6.07, 6.45) is 1.35. The summed E-state index contributed by atoms with van der Waals surface area (Å²) in [5.41, 5.74) is -0.484. The van der Waals surface area contributed by atoms with Crippen LogP contribution in [0.1, 0.15) is 24.2 Å². The minimum Gasteiger partial charge on any atom is -0.493 e. The van der Waals surface area contributed by atoms with E-state index in [-0.39, 0.29) is 28.7 Å². The molecule has 0 saturated heterocycles. The average molecular weight is 385 g/mol. The van der Waals surface area contributed by atoms with Crippen LogP contribution in [-0.2, 0) is 0 Å². The Morgan fingerprint density at radius 3 is 2.71 bits per heavy atom. The molecule has 0 bridgehead atoms. The number of anilines is 1. The maximum Gasteiger partial charge on any atom is 0.349 e. The van der Waals surface area contributed by atoms with Gasteiger partial charge in [-0.3, -0.25) is 4.79 Å². The van der Waals surface area contributed by atoms with Gasteiger partial charge in [0.15, 0.2) is 11.3 Å². The SMILES string of the molecule is CCOc1ncc(NC(=O)c2cc3cccc(OC)c3oc2=O)c(OCC)n1. The van der Waals surface area contributed by atoms with Gasteiger partial charge in [0.2, 0.25) is 5.88 Å². The van der Waals surface area contributed by atoms with Gasteiger partial charge in [-0.05, 0) is 26.0 Å². The number of nitrogens with zero attached hydrogens (tertiary/aromatic N) is 2. The lowest BCUT2D eigenvalue weighted by molar-refractivity contribution is 0.102. The number of aromatic nitrogens is 2. The molecule has 0 aliphatic rings. The van der Waals surface area contributed by atoms with E-state index in [2.05, 4.69) is 15.3 Å². The molecule has 0 saturated carbocycles. The predicted octanol–water partition coefficient (Wildman–Crippen LogP) is 2.64. The van der Waals surface area contributed by atoms with Crippen molar-refractivity contribution in [3.8, 4) is 17.6 Å². The van der Waals surface area contributed by atoms with E-state index in [1.54, 1.807) is 32.0 Å². The Bertz CT molecular complexity index is 1060. The number of hydrogen-bond donors (Lipinski definition) is 1. The van der Waals surface area contributed by atoms with Gasteiger partial charge in [0, 0.05) is 5.39 Å². The highest BCUT2D eigenvalue weighted by molar-refractivity contribution is 6.06. The number of amides is 1. The highest BCUT2D eigenvalue weighted by atomic mass is 16.5. The molecular weight excluding hydrogens is 366 g/mol. The topological polar surface area (TPSA) is 113 Å². The van der Waals surface area contributed by atoms with Crippen molar-refractivity contribution in [3.63, 3.8) is 0 Å². The predicted molar refractivity (Wildman–Crippen MR) is 101 cm³/mol. The van der Waals surface area contributed by atoms with Crippen LogP contribution in [0.25, 0.3) is 11.0 Å². The first-order chi connectivity index (χ1) is 13.6. The molecular formula is C19H19N3O6. The first kappa shape index (κ1) is 19.2. The van der Waals surface area contributed by atoms with Crippen molar-refractivity contribution in [3.05, 3.63) is 46.4 Å². The molecule has 1 aromatic carbocycles. The molecule has 2 heterocycles. The minimum absolute atomic E-state index is 0.126. The molecule has 146 valence electrons. The van der Waals surface area contributed by atoms with Crippen LogP contribution in [0.5, 0.6) is 17.6 Å². The van der Waals surface area contributed by atoms with E-state index in [0.29, 0.717) is 24.3 Å². The highest BCUT2D eigenvalue weighted by Gasteiger charge is 2.18. The summed E-state index contributed by atoms with van der Waals surface area (Å²) in [7, 11) is 1.47. The molecule has 0 fully saturated rings. The van der Waals surface area contributed by atoms with Gasteiger partial charge in [-0.1, -0.05) is 12.1 Å². The van der Waals surface area contributed by atoms with Crippen molar-refractivity contribution in [2.45, 2.75) is 13.8 Å². The van der Waals surface area contributed by atoms with Gasteiger partial charge in [0.25, 0.3) is 5.91 Å². The van der Waals surface area contributed by atoms with Crippen molar-refractivity contribution in [1.29, 1.82) is 0 Å². The summed E-state index contributed by atoms with van der Waals surface area (Å²) in [6, 6.07) is 6.67. The van der Waals surface area contributed by atoms with Crippen LogP contribution in [-0.4, -0.2) is 36.2 Å². The van der Waals surface area contributed by atoms with Crippen molar-refractivity contribution >= 4 is 22.6 Å². The fraction of sp³-hybridized carbons (Fsp3) is 0.263. The number of para-hydroxylation sites is 1. The number of carbonyl (C=O) groups is 1. The van der Waals surface area contributed by atoms with E-state index in [0.717, 1.165) is 0 Å². The van der Waals surface area contributed by atoms with Gasteiger partial charge in [0.05, 0.1) is 26.5 Å². The van der Waals surface area contributed by atoms with Crippen LogP contribution in [0, 0.1) is 0 Å². The Kier molecular flexibility index (Phi) is 5.73. The van der Waals surface area contributed by atoms with Gasteiger partial charge in [-0.15, -0.1) is 0 Å². The first-order valence-corrected chi connectivity index (χ1v) is 8.62. The normalized spacial score (nSPS) is 10.5. The van der Waals surface area contributed by atoms with Crippen LogP contribution in [0.3, 0.4) is 0 Å². The second-order valence-corrected chi connectivity index (χ2v) is 5.52. The third-order valence-corrected chi connectivity index (χ3v) is 3.72. The van der Waals surface area contributed by atoms with Crippen LogP contribution in [0.15, 0.2) is 39.7 Å². The maximum absolute atomic E-state index is 12.7. The molecule has 1 N–H and O–H groups in total. The van der Waals surface area contributed by atoms with Crippen LogP contribution < -0.4 is 25.2 Å². The van der Waals surface area contributed by atoms with E-state index >= 15 is 0 Å². The highest BCUT2D eigenvalue weighted by Crippen LogP contribution is 2.26. The number of fused-ring (bicyclic) bond motifs is 1. The molecule has 3 aromatic rings. The van der Waals surface area contributed by atoms with Gasteiger partial charge < -0.3 is 23.9 Å². The number of carbonyl (C=O) groups excluding carboxylic acids is 1. The van der Waals surface area contributed by atoms with Crippen molar-refractivity contribution in [2.75, 3.05) is 25.6 Å². The van der Waals surface area contributed by atoms with Gasteiger partial charge in [-0.25, -0.2) is 9.78 Å². The zero-order valence-corrected chi connectivity index (χ0v) is 15.6. The Hall–Kier alpha value is -3.62. The van der Waals surface area contributed by atoms with Crippen molar-refractivity contribution in [1.82, 2.24) is 9.97 Å². The monoisotopic (exact) mass is 385 g/mol. The third kappa shape index (κ3) is 3.88. The summed E-state index contributed by atoms with van der Waals surface area (Å²) in [6.45, 7) is 4.29. The number of rotatable bonds is 7. The largest absolute Gasteiger partial charge is 0.493 e. The number of methoxy groups -OCH3 is 1. The molecule has 0 spiro atoms. The molecule has 3 rings (SSSR count). The number of hydrogen-bond acceptors (Lipinski definition) is 8. The Morgan fingerprint density at radius 1 is 1.21 bits per heavy atom. The van der Waals surface area contributed by atoms with Crippen LogP contribution in [0.2, 0.25) is 0 Å². The van der Waals surface area contributed by atoms with E-state index in [9.17, 15) is 9.59 Å². The third-order valence-electron chi connectivity index (χ3n) is 3.72. The lowest BCUT2D eigenvalue weighted by Gasteiger charge is -2.11. The minimum atomic E-state index is -0.792. The van der Waals surface area contributed by atoms with E-state index < -0.39 is 11.5 Å². The first-order valence-electron chi connectivity index (χ1n) is 8.62. The molecule has 1 amide bonds. The second-order valence-electron chi connectivity index (χ2n) is 5.52. The van der Waals surface area contributed by atoms with Crippen molar-refractivity contribution < 1.29 is 23.4 Å². The summed E-state index contributed by atoms with van der Waals surface area (Å²) in [4.78, 5) is 33.1. The Labute approximate surface area is 160 Å². The van der Waals surface area contributed by atoms with E-state index in [1.807, 2.05) is 0 Å². The summed E-state index contributed by atoms with van der Waals surface area (Å²) in [5, 5.41) is 3.13. The van der Waals surface area contributed by atoms with Gasteiger partial charge in [-0.2, -0.15) is 4.98 Å². The Balaban J connectivity index is 1.95. The number of nitrogens with one attached hydrogen (secondary N) is 1. The average Bonchev–Trinajstić information content (AvgIpc) is 2.69. The molecule has 2 aromatic heterocycles. The molecule has 9 nitrogen and oxygen atoms in total. The van der Waals surface area contributed by atoms with Gasteiger partial charge >= 0.3 is 11.6 Å². The fourth-order valence-corrected chi connectivity index (χ4v) is 2.51. The number of ether oxygens (including phenoxy) is 3. The molecule has 0 unspecified atom stereocenters. The zero-order chi connectivity index (χ0) is 20.1. The molecule has 0 radical (unpaired) electrons. The smallest absolute Gasteiger partial charge is 0.349 e. The fourth-order valence-electron chi connectivity index (χ4n) is 2.51. The second kappa shape index (κ2) is 8.38. The number of benzene rings is 1. The summed E-state index contributed by atoms with van der Waals surface area (Å²) in [5.74, 6) is -0.131. The Morgan fingerprint density at radius 2 is 2.00 bits per heavy atom. The molecule has 9 heteroatoms. The molecule has 0 atom stereocenters. The molecule has 0 aliphatic carbocycles. The maximum atomic E-state index is 12.7. The summed E-state index contributed by atoms with van der Waals surface area (Å²) >= 11 is 0. The zero-order valence-electron chi connectivity index (χ0n) is 15.6. The van der Waals surface area contributed by atoms with E-state index in [1.165, 1.54) is 19.4 Å². The lowest BCUT2D eigenvalue weighted by atomic mass is 10.1. The van der Waals surface area contributed by atoms with Crippen LogP contribution >= 0.6 is 0 Å². The lowest BCUT2D eigenvalue weighted by Crippen LogP contribution is -2.21.